The van der Waals surface area contributed by atoms with Gasteiger partial charge < -0.3 is 24.3 Å². The summed E-state index contributed by atoms with van der Waals surface area (Å²) in [5.74, 6) is -0.474. The number of fused-ring (bicyclic) bond motifs is 1. The summed E-state index contributed by atoms with van der Waals surface area (Å²) >= 11 is 0. The number of benzene rings is 4. The van der Waals surface area contributed by atoms with E-state index in [1.54, 1.807) is 12.1 Å². The lowest BCUT2D eigenvalue weighted by Gasteiger charge is -2.37. The summed E-state index contributed by atoms with van der Waals surface area (Å²) in [6.07, 6.45) is 0.495. The van der Waals surface area contributed by atoms with Crippen molar-refractivity contribution in [3.05, 3.63) is 103 Å². The number of aromatic nitrogens is 3. The lowest BCUT2D eigenvalue weighted by Crippen LogP contribution is -2.46. The minimum Gasteiger partial charge on any atom is -0.372 e. The number of rotatable bonds is 6. The van der Waals surface area contributed by atoms with Gasteiger partial charge in [-0.25, -0.2) is 4.79 Å². The third-order valence-corrected chi connectivity index (χ3v) is 8.46. The Hall–Kier alpha value is -4.89. The first-order valence-corrected chi connectivity index (χ1v) is 15.2. The van der Waals surface area contributed by atoms with Crippen molar-refractivity contribution >= 4 is 34.1 Å². The number of hydrogen-bond acceptors (Lipinski definition) is 8. The molecular weight excluding hydrogens is 552 g/mol. The van der Waals surface area contributed by atoms with E-state index >= 15 is 0 Å². The Labute approximate surface area is 257 Å². The lowest BCUT2D eigenvalue weighted by molar-refractivity contribution is -0.00522. The second-order valence-corrected chi connectivity index (χ2v) is 11.6. The van der Waals surface area contributed by atoms with Crippen LogP contribution in [0.15, 0.2) is 97.1 Å². The maximum Gasteiger partial charge on any atom is 0.365 e. The fourth-order valence-electron chi connectivity index (χ4n) is 6.20. The van der Waals surface area contributed by atoms with Crippen molar-refractivity contribution in [3.8, 4) is 11.1 Å². The average Bonchev–Trinajstić information content (AvgIpc) is 3.47. The number of para-hydroxylation sites is 1. The minimum atomic E-state index is -0.474. The summed E-state index contributed by atoms with van der Waals surface area (Å²) in [6.45, 7) is 9.77. The van der Waals surface area contributed by atoms with Crippen LogP contribution in [-0.2, 0) is 4.74 Å². The summed E-state index contributed by atoms with van der Waals surface area (Å²) in [5, 5.41) is 7.96. The smallest absolute Gasteiger partial charge is 0.365 e. The first-order valence-electron chi connectivity index (χ1n) is 15.2. The Bertz CT molecular complexity index is 1720. The van der Waals surface area contributed by atoms with Gasteiger partial charge in [0, 0.05) is 56.3 Å². The van der Waals surface area contributed by atoms with Gasteiger partial charge in [0.1, 0.15) is 11.0 Å². The largest absolute Gasteiger partial charge is 0.372 e. The quantitative estimate of drug-likeness (QED) is 0.247. The fourth-order valence-corrected chi connectivity index (χ4v) is 6.20. The predicted molar refractivity (Wildman–Crippen MR) is 173 cm³/mol. The van der Waals surface area contributed by atoms with Crippen molar-refractivity contribution in [2.45, 2.75) is 26.1 Å². The van der Waals surface area contributed by atoms with Crippen molar-refractivity contribution in [3.63, 3.8) is 0 Å². The molecule has 4 aromatic carbocycles. The van der Waals surface area contributed by atoms with E-state index in [-0.39, 0.29) is 12.2 Å². The standard InChI is InChI=1S/C35H36N6O3/c1-25-23-40(24-26(2)43-25)32-15-9-28(10-16-32)27-7-13-30(14-8-27)38-19-21-39(22-20-38)31-17-11-29(12-18-31)35(42)44-41-34-6-4-3-5-33(34)36-37-41/h3-18,25-26H,19-24H2,1-2H3/t25-,26+. The molecule has 9 nitrogen and oxygen atoms in total. The molecule has 5 aromatic rings. The molecule has 0 amide bonds. The topological polar surface area (TPSA) is 76.0 Å². The van der Waals surface area contributed by atoms with E-state index in [4.69, 9.17) is 9.57 Å². The van der Waals surface area contributed by atoms with Crippen LogP contribution < -0.4 is 19.5 Å². The van der Waals surface area contributed by atoms with Gasteiger partial charge in [0.15, 0.2) is 0 Å². The van der Waals surface area contributed by atoms with Crippen molar-refractivity contribution in [2.24, 2.45) is 0 Å². The molecule has 0 N–H and O–H groups in total. The van der Waals surface area contributed by atoms with E-state index in [9.17, 15) is 4.79 Å². The first-order chi connectivity index (χ1) is 21.5. The van der Waals surface area contributed by atoms with Crippen LogP contribution in [0.5, 0.6) is 0 Å². The van der Waals surface area contributed by atoms with Crippen LogP contribution >= 0.6 is 0 Å². The molecule has 0 unspecified atom stereocenters. The number of ether oxygens (including phenoxy) is 1. The van der Waals surface area contributed by atoms with Crippen LogP contribution in [-0.4, -0.2) is 72.6 Å². The van der Waals surface area contributed by atoms with Crippen molar-refractivity contribution in [1.29, 1.82) is 0 Å². The molecule has 0 radical (unpaired) electrons. The number of anilines is 3. The average molecular weight is 589 g/mol. The van der Waals surface area contributed by atoms with Crippen LogP contribution in [0.25, 0.3) is 22.2 Å². The molecule has 2 saturated heterocycles. The SMILES string of the molecule is C[C@@H]1CN(c2ccc(-c3ccc(N4CCN(c5ccc(C(=O)On6nnc7ccccc76)cc5)CC4)cc3)cc2)C[C@H](C)O1. The Morgan fingerprint density at radius 1 is 0.682 bits per heavy atom. The molecule has 224 valence electrons. The van der Waals surface area contributed by atoms with E-state index in [2.05, 4.69) is 87.4 Å². The Kier molecular flexibility index (Phi) is 7.62. The number of morpholine rings is 1. The molecule has 44 heavy (non-hydrogen) atoms. The Morgan fingerprint density at radius 3 is 1.75 bits per heavy atom. The van der Waals surface area contributed by atoms with Gasteiger partial charge in [-0.2, -0.15) is 0 Å². The molecule has 2 atom stereocenters. The van der Waals surface area contributed by atoms with Crippen LogP contribution in [0.2, 0.25) is 0 Å². The van der Waals surface area contributed by atoms with Crippen LogP contribution in [0.3, 0.4) is 0 Å². The highest BCUT2D eigenvalue weighted by Gasteiger charge is 2.23. The number of hydrogen-bond donors (Lipinski definition) is 0. The Balaban J connectivity index is 0.931. The highest BCUT2D eigenvalue weighted by molar-refractivity contribution is 5.90. The predicted octanol–water partition coefficient (Wildman–Crippen LogP) is 5.31. The van der Waals surface area contributed by atoms with Gasteiger partial charge in [0.2, 0.25) is 0 Å². The molecule has 9 heteroatoms. The molecule has 1 aromatic heterocycles. The Morgan fingerprint density at radius 2 is 1.18 bits per heavy atom. The molecule has 3 heterocycles. The summed E-state index contributed by atoms with van der Waals surface area (Å²) in [7, 11) is 0. The highest BCUT2D eigenvalue weighted by atomic mass is 16.7. The molecule has 0 spiro atoms. The van der Waals surface area contributed by atoms with E-state index in [1.165, 1.54) is 27.3 Å². The molecule has 0 bridgehead atoms. The second kappa shape index (κ2) is 12.0. The van der Waals surface area contributed by atoms with Crippen LogP contribution in [0.1, 0.15) is 24.2 Å². The maximum atomic E-state index is 12.7. The van der Waals surface area contributed by atoms with E-state index in [0.29, 0.717) is 16.6 Å². The van der Waals surface area contributed by atoms with Gasteiger partial charge in [0.05, 0.1) is 17.8 Å². The molecule has 7 rings (SSSR count). The molecular formula is C35H36N6O3. The van der Waals surface area contributed by atoms with Gasteiger partial charge in [-0.15, -0.1) is 5.10 Å². The number of carbonyl (C=O) groups is 1. The van der Waals surface area contributed by atoms with E-state index in [0.717, 1.165) is 45.0 Å². The van der Waals surface area contributed by atoms with Crippen LogP contribution in [0.4, 0.5) is 17.1 Å². The molecule has 2 aliphatic rings. The van der Waals surface area contributed by atoms with Gasteiger partial charge in [-0.1, -0.05) is 41.2 Å². The van der Waals surface area contributed by atoms with Gasteiger partial charge >= 0.3 is 5.97 Å². The van der Waals surface area contributed by atoms with Crippen molar-refractivity contribution in [1.82, 2.24) is 15.2 Å². The third-order valence-electron chi connectivity index (χ3n) is 8.46. The summed E-state index contributed by atoms with van der Waals surface area (Å²) in [4.78, 5) is 26.5. The van der Waals surface area contributed by atoms with Crippen LogP contribution in [0, 0.1) is 0 Å². The van der Waals surface area contributed by atoms with Crippen molar-refractivity contribution < 1.29 is 14.4 Å². The first kappa shape index (κ1) is 27.9. The zero-order chi connectivity index (χ0) is 30.0. The molecule has 2 fully saturated rings. The lowest BCUT2D eigenvalue weighted by atomic mass is 10.0. The number of carbonyl (C=O) groups excluding carboxylic acids is 1. The third kappa shape index (κ3) is 5.83. The summed E-state index contributed by atoms with van der Waals surface area (Å²) in [6, 6.07) is 32.7. The van der Waals surface area contributed by atoms with E-state index in [1.807, 2.05) is 36.4 Å². The fraction of sp³-hybridized carbons (Fsp3) is 0.286. The normalized spacial score (nSPS) is 18.9. The number of piperazine rings is 1. The van der Waals surface area contributed by atoms with Gasteiger partial charge in [0.25, 0.3) is 0 Å². The minimum absolute atomic E-state index is 0.248. The zero-order valence-corrected chi connectivity index (χ0v) is 25.0. The molecule has 0 saturated carbocycles. The zero-order valence-electron chi connectivity index (χ0n) is 25.0. The monoisotopic (exact) mass is 588 g/mol. The maximum absolute atomic E-state index is 12.7. The molecule has 0 aliphatic carbocycles. The summed E-state index contributed by atoms with van der Waals surface area (Å²) in [5.41, 5.74) is 7.80. The summed E-state index contributed by atoms with van der Waals surface area (Å²) < 4.78 is 5.89. The van der Waals surface area contributed by atoms with Crippen molar-refractivity contribution in [2.75, 3.05) is 54.0 Å². The van der Waals surface area contributed by atoms with Gasteiger partial charge in [-0.05, 0) is 90.9 Å². The van der Waals surface area contributed by atoms with E-state index < -0.39 is 5.97 Å². The second-order valence-electron chi connectivity index (χ2n) is 11.6. The highest BCUT2D eigenvalue weighted by Crippen LogP contribution is 2.28. The number of nitrogens with zero attached hydrogens (tertiary/aromatic N) is 6. The van der Waals surface area contributed by atoms with Gasteiger partial charge in [-0.3, -0.25) is 0 Å². The molecule has 2 aliphatic heterocycles.